The van der Waals surface area contributed by atoms with Crippen molar-refractivity contribution in [3.8, 4) is 11.5 Å². The third-order valence-electron chi connectivity index (χ3n) is 4.17. The van der Waals surface area contributed by atoms with Gasteiger partial charge in [0.25, 0.3) is 5.91 Å². The third-order valence-corrected chi connectivity index (χ3v) is 4.17. The predicted molar refractivity (Wildman–Crippen MR) is 101 cm³/mol. The molecule has 0 atom stereocenters. The van der Waals surface area contributed by atoms with Crippen LogP contribution in [0.2, 0.25) is 0 Å². The van der Waals surface area contributed by atoms with Gasteiger partial charge in [0.2, 0.25) is 12.7 Å². The molecule has 2 N–H and O–H groups in total. The van der Waals surface area contributed by atoms with Crippen LogP contribution < -0.4 is 20.1 Å². The van der Waals surface area contributed by atoms with Crippen LogP contribution in [0.25, 0.3) is 0 Å². The van der Waals surface area contributed by atoms with Crippen molar-refractivity contribution in [1.82, 2.24) is 9.97 Å². The minimum absolute atomic E-state index is 0.243. The Morgan fingerprint density at radius 2 is 1.96 bits per heavy atom. The summed E-state index contributed by atoms with van der Waals surface area (Å²) >= 11 is 0. The first kappa shape index (κ1) is 16.8. The van der Waals surface area contributed by atoms with Gasteiger partial charge in [-0.05, 0) is 42.3 Å². The molecule has 0 aliphatic carbocycles. The minimum Gasteiger partial charge on any atom is -0.454 e. The molecule has 3 aromatic rings. The number of anilines is 2. The van der Waals surface area contributed by atoms with Crippen molar-refractivity contribution >= 4 is 17.5 Å². The summed E-state index contributed by atoms with van der Waals surface area (Å²) in [5.74, 6) is 1.56. The summed E-state index contributed by atoms with van der Waals surface area (Å²) in [6.45, 7) is 2.68. The number of nitrogens with zero attached hydrogens (tertiary/aromatic N) is 2. The van der Waals surface area contributed by atoms with E-state index in [1.54, 1.807) is 12.3 Å². The van der Waals surface area contributed by atoms with Crippen LogP contribution >= 0.6 is 0 Å². The highest BCUT2D eigenvalue weighted by molar-refractivity contribution is 6.03. The number of rotatable bonds is 5. The van der Waals surface area contributed by atoms with Gasteiger partial charge in [-0.25, -0.2) is 9.97 Å². The summed E-state index contributed by atoms with van der Waals surface area (Å²) in [6, 6.07) is 14.9. The SMILES string of the molecule is Cc1ccccc1NC(=O)c1ccnc(NCc2ccc3c(c2)OCO3)n1. The molecule has 1 aromatic heterocycles. The first-order valence-corrected chi connectivity index (χ1v) is 8.51. The van der Waals surface area contributed by atoms with E-state index in [0.717, 1.165) is 28.3 Å². The quantitative estimate of drug-likeness (QED) is 0.724. The fraction of sp³-hybridized carbons (Fsp3) is 0.150. The van der Waals surface area contributed by atoms with E-state index in [4.69, 9.17) is 9.47 Å². The van der Waals surface area contributed by atoms with Gasteiger partial charge in [-0.15, -0.1) is 0 Å². The Hall–Kier alpha value is -3.61. The molecule has 0 bridgehead atoms. The molecule has 0 saturated heterocycles. The Kier molecular flexibility index (Phi) is 4.57. The van der Waals surface area contributed by atoms with E-state index < -0.39 is 0 Å². The number of carbonyl (C=O) groups excluding carboxylic acids is 1. The molecule has 4 rings (SSSR count). The summed E-state index contributed by atoms with van der Waals surface area (Å²) < 4.78 is 10.7. The molecule has 2 heterocycles. The normalized spacial score (nSPS) is 11.9. The van der Waals surface area contributed by atoms with Crippen LogP contribution in [0.15, 0.2) is 54.7 Å². The van der Waals surface area contributed by atoms with Crippen LogP contribution in [0.1, 0.15) is 21.6 Å². The number of para-hydroxylation sites is 1. The topological polar surface area (TPSA) is 85.4 Å². The van der Waals surface area contributed by atoms with E-state index in [1.807, 2.05) is 49.4 Å². The zero-order valence-corrected chi connectivity index (χ0v) is 14.7. The number of amides is 1. The molecular weight excluding hydrogens is 344 g/mol. The second-order valence-electron chi connectivity index (χ2n) is 6.08. The highest BCUT2D eigenvalue weighted by Gasteiger charge is 2.14. The second-order valence-corrected chi connectivity index (χ2v) is 6.08. The summed E-state index contributed by atoms with van der Waals surface area (Å²) in [4.78, 5) is 20.9. The monoisotopic (exact) mass is 362 g/mol. The maximum atomic E-state index is 12.5. The lowest BCUT2D eigenvalue weighted by Gasteiger charge is -2.09. The Balaban J connectivity index is 1.43. The van der Waals surface area contributed by atoms with Gasteiger partial charge in [0.1, 0.15) is 5.69 Å². The number of aromatic nitrogens is 2. The third kappa shape index (κ3) is 3.82. The van der Waals surface area contributed by atoms with Gasteiger partial charge in [0, 0.05) is 18.4 Å². The molecule has 0 spiro atoms. The largest absolute Gasteiger partial charge is 0.454 e. The van der Waals surface area contributed by atoms with Crippen molar-refractivity contribution in [3.63, 3.8) is 0 Å². The van der Waals surface area contributed by atoms with Crippen molar-refractivity contribution in [1.29, 1.82) is 0 Å². The van der Waals surface area contributed by atoms with Gasteiger partial charge in [-0.3, -0.25) is 4.79 Å². The molecule has 0 radical (unpaired) electrons. The number of carbonyl (C=O) groups is 1. The smallest absolute Gasteiger partial charge is 0.274 e. The molecule has 0 saturated carbocycles. The average molecular weight is 362 g/mol. The van der Waals surface area contributed by atoms with Gasteiger partial charge in [0.15, 0.2) is 11.5 Å². The highest BCUT2D eigenvalue weighted by Crippen LogP contribution is 2.32. The molecule has 0 unspecified atom stereocenters. The maximum Gasteiger partial charge on any atom is 0.274 e. The fourth-order valence-corrected chi connectivity index (χ4v) is 2.70. The number of nitrogens with one attached hydrogen (secondary N) is 2. The number of aryl methyl sites for hydroxylation is 1. The van der Waals surface area contributed by atoms with E-state index in [-0.39, 0.29) is 12.7 Å². The zero-order chi connectivity index (χ0) is 18.6. The Morgan fingerprint density at radius 1 is 1.11 bits per heavy atom. The van der Waals surface area contributed by atoms with Gasteiger partial charge < -0.3 is 20.1 Å². The number of hydrogen-bond donors (Lipinski definition) is 2. The van der Waals surface area contributed by atoms with Gasteiger partial charge >= 0.3 is 0 Å². The first-order valence-electron chi connectivity index (χ1n) is 8.51. The van der Waals surface area contributed by atoms with Gasteiger partial charge in [-0.1, -0.05) is 24.3 Å². The average Bonchev–Trinajstić information content (AvgIpc) is 3.16. The van der Waals surface area contributed by atoms with Crippen LogP contribution in [0.5, 0.6) is 11.5 Å². The highest BCUT2D eigenvalue weighted by atomic mass is 16.7. The number of fused-ring (bicyclic) bond motifs is 1. The molecule has 1 amide bonds. The molecule has 0 fully saturated rings. The zero-order valence-electron chi connectivity index (χ0n) is 14.7. The summed E-state index contributed by atoms with van der Waals surface area (Å²) in [5.41, 5.74) is 3.04. The predicted octanol–water partition coefficient (Wildman–Crippen LogP) is 3.38. The first-order chi connectivity index (χ1) is 13.2. The molecule has 2 aromatic carbocycles. The fourth-order valence-electron chi connectivity index (χ4n) is 2.70. The van der Waals surface area contributed by atoms with Crippen molar-refractivity contribution in [2.24, 2.45) is 0 Å². The van der Waals surface area contributed by atoms with Crippen molar-refractivity contribution in [3.05, 3.63) is 71.5 Å². The van der Waals surface area contributed by atoms with Crippen molar-refractivity contribution in [2.75, 3.05) is 17.4 Å². The summed E-state index contributed by atoms with van der Waals surface area (Å²) in [7, 11) is 0. The lowest BCUT2D eigenvalue weighted by Crippen LogP contribution is -2.16. The Morgan fingerprint density at radius 3 is 2.85 bits per heavy atom. The van der Waals surface area contributed by atoms with E-state index >= 15 is 0 Å². The number of ether oxygens (including phenoxy) is 2. The van der Waals surface area contributed by atoms with Gasteiger partial charge in [0.05, 0.1) is 0 Å². The standard InChI is InChI=1S/C20H18N4O3/c1-13-4-2-3-5-15(13)23-19(25)16-8-9-21-20(24-16)22-11-14-6-7-17-18(10-14)27-12-26-17/h2-10H,11-12H2,1H3,(H,23,25)(H,21,22,24). The van der Waals surface area contributed by atoms with Crippen LogP contribution in [-0.4, -0.2) is 22.7 Å². The number of benzene rings is 2. The van der Waals surface area contributed by atoms with E-state index in [1.165, 1.54) is 0 Å². The van der Waals surface area contributed by atoms with Crippen molar-refractivity contribution in [2.45, 2.75) is 13.5 Å². The number of hydrogen-bond acceptors (Lipinski definition) is 6. The Bertz CT molecular complexity index is 990. The molecule has 136 valence electrons. The van der Waals surface area contributed by atoms with Crippen LogP contribution in [0.4, 0.5) is 11.6 Å². The molecule has 7 nitrogen and oxygen atoms in total. The van der Waals surface area contributed by atoms with Crippen LogP contribution in [0.3, 0.4) is 0 Å². The van der Waals surface area contributed by atoms with Crippen molar-refractivity contribution < 1.29 is 14.3 Å². The molecule has 27 heavy (non-hydrogen) atoms. The summed E-state index contributed by atoms with van der Waals surface area (Å²) in [6.07, 6.45) is 1.56. The van der Waals surface area contributed by atoms with E-state index in [2.05, 4.69) is 20.6 Å². The van der Waals surface area contributed by atoms with Crippen LogP contribution in [-0.2, 0) is 6.54 Å². The maximum absolute atomic E-state index is 12.5. The minimum atomic E-state index is -0.280. The summed E-state index contributed by atoms with van der Waals surface area (Å²) in [5, 5.41) is 5.99. The Labute approximate surface area is 156 Å². The molecule has 1 aliphatic heterocycles. The van der Waals surface area contributed by atoms with Crippen LogP contribution in [0, 0.1) is 6.92 Å². The lowest BCUT2D eigenvalue weighted by molar-refractivity contribution is 0.102. The lowest BCUT2D eigenvalue weighted by atomic mass is 10.2. The molecular formula is C20H18N4O3. The molecule has 1 aliphatic rings. The van der Waals surface area contributed by atoms with E-state index in [0.29, 0.717) is 18.2 Å². The van der Waals surface area contributed by atoms with Gasteiger partial charge in [-0.2, -0.15) is 0 Å². The van der Waals surface area contributed by atoms with E-state index in [9.17, 15) is 4.79 Å². The molecule has 7 heteroatoms. The second kappa shape index (κ2) is 7.33.